The molecule has 116 valence electrons. The number of benzene rings is 1. The topological polar surface area (TPSA) is 54.5 Å². The summed E-state index contributed by atoms with van der Waals surface area (Å²) in [5.41, 5.74) is -0.0439. The van der Waals surface area contributed by atoms with Crippen LogP contribution < -0.4 is 0 Å². The van der Waals surface area contributed by atoms with Crippen molar-refractivity contribution in [3.63, 3.8) is 0 Å². The second-order valence-electron chi connectivity index (χ2n) is 4.90. The van der Waals surface area contributed by atoms with Crippen LogP contribution in [0.4, 0.5) is 4.39 Å². The SMILES string of the molecule is CCC1CCCN1C(=O)c1cc(S(=O)(=O)Cl)c(F)cc1Cl. The lowest BCUT2D eigenvalue weighted by Crippen LogP contribution is -2.35. The van der Waals surface area contributed by atoms with E-state index in [1.165, 1.54) is 0 Å². The third-order valence-electron chi connectivity index (χ3n) is 3.62. The molecule has 0 aromatic heterocycles. The molecule has 2 rings (SSSR count). The summed E-state index contributed by atoms with van der Waals surface area (Å²) < 4.78 is 36.3. The van der Waals surface area contributed by atoms with Crippen molar-refractivity contribution in [2.24, 2.45) is 0 Å². The number of amides is 1. The molecule has 1 heterocycles. The molecule has 0 spiro atoms. The second-order valence-corrected chi connectivity index (χ2v) is 7.84. The molecule has 0 radical (unpaired) electrons. The minimum atomic E-state index is -4.28. The number of likely N-dealkylation sites (tertiary alicyclic amines) is 1. The van der Waals surface area contributed by atoms with E-state index in [4.69, 9.17) is 22.3 Å². The highest BCUT2D eigenvalue weighted by Crippen LogP contribution is 2.29. The van der Waals surface area contributed by atoms with Gasteiger partial charge in [0.2, 0.25) is 0 Å². The fraction of sp³-hybridized carbons (Fsp3) is 0.462. The Balaban J connectivity index is 2.46. The first-order valence-electron chi connectivity index (χ1n) is 6.50. The number of hydrogen-bond donors (Lipinski definition) is 0. The van der Waals surface area contributed by atoms with E-state index in [-0.39, 0.29) is 16.6 Å². The van der Waals surface area contributed by atoms with Gasteiger partial charge in [0.1, 0.15) is 10.7 Å². The van der Waals surface area contributed by atoms with Crippen LogP contribution in [-0.2, 0) is 9.05 Å². The minimum absolute atomic E-state index is 0.0439. The Labute approximate surface area is 132 Å². The molecule has 1 aromatic carbocycles. The lowest BCUT2D eigenvalue weighted by Gasteiger charge is -2.24. The third-order valence-corrected chi connectivity index (χ3v) is 5.27. The molecule has 0 saturated carbocycles. The maximum absolute atomic E-state index is 13.6. The molecule has 1 saturated heterocycles. The van der Waals surface area contributed by atoms with Gasteiger partial charge in [0.25, 0.3) is 15.0 Å². The van der Waals surface area contributed by atoms with E-state index < -0.39 is 25.7 Å². The molecule has 1 aliphatic rings. The Hall–Kier alpha value is -0.850. The van der Waals surface area contributed by atoms with Gasteiger partial charge in [-0.1, -0.05) is 18.5 Å². The van der Waals surface area contributed by atoms with Gasteiger partial charge in [-0.15, -0.1) is 0 Å². The smallest absolute Gasteiger partial charge is 0.264 e. The lowest BCUT2D eigenvalue weighted by atomic mass is 10.1. The Morgan fingerprint density at radius 3 is 2.71 bits per heavy atom. The number of nitrogens with zero attached hydrogens (tertiary/aromatic N) is 1. The number of halogens is 3. The predicted octanol–water partition coefficient (Wildman–Crippen LogP) is 3.42. The number of carbonyl (C=O) groups excluding carboxylic acids is 1. The second kappa shape index (κ2) is 6.10. The van der Waals surface area contributed by atoms with Crippen LogP contribution in [0.2, 0.25) is 5.02 Å². The van der Waals surface area contributed by atoms with Crippen molar-refractivity contribution in [2.75, 3.05) is 6.54 Å². The number of hydrogen-bond acceptors (Lipinski definition) is 3. The number of rotatable bonds is 3. The van der Waals surface area contributed by atoms with E-state index in [0.29, 0.717) is 6.54 Å². The maximum atomic E-state index is 13.6. The van der Waals surface area contributed by atoms with Crippen molar-refractivity contribution >= 4 is 37.2 Å². The van der Waals surface area contributed by atoms with Crippen LogP contribution in [0.1, 0.15) is 36.5 Å². The van der Waals surface area contributed by atoms with E-state index in [1.54, 1.807) is 4.90 Å². The van der Waals surface area contributed by atoms with Gasteiger partial charge in [0.15, 0.2) is 0 Å². The predicted molar refractivity (Wildman–Crippen MR) is 78.8 cm³/mol. The summed E-state index contributed by atoms with van der Waals surface area (Å²) >= 11 is 5.89. The van der Waals surface area contributed by atoms with E-state index in [1.807, 2.05) is 6.92 Å². The molecule has 0 aliphatic carbocycles. The molecule has 1 aliphatic heterocycles. The summed E-state index contributed by atoms with van der Waals surface area (Å²) in [5.74, 6) is -1.47. The molecule has 0 bridgehead atoms. The summed E-state index contributed by atoms with van der Waals surface area (Å²) in [6, 6.07) is 1.81. The van der Waals surface area contributed by atoms with Gasteiger partial charge in [0.05, 0.1) is 10.6 Å². The largest absolute Gasteiger partial charge is 0.336 e. The van der Waals surface area contributed by atoms with Crippen LogP contribution in [0.25, 0.3) is 0 Å². The van der Waals surface area contributed by atoms with Crippen molar-refractivity contribution in [3.05, 3.63) is 28.5 Å². The molecule has 8 heteroatoms. The van der Waals surface area contributed by atoms with Gasteiger partial charge >= 0.3 is 0 Å². The molecule has 1 atom stereocenters. The molecular weight excluding hydrogens is 340 g/mol. The van der Waals surface area contributed by atoms with Crippen LogP contribution in [0.3, 0.4) is 0 Å². The molecule has 1 amide bonds. The van der Waals surface area contributed by atoms with E-state index >= 15 is 0 Å². The molecule has 1 fully saturated rings. The molecule has 4 nitrogen and oxygen atoms in total. The average molecular weight is 354 g/mol. The van der Waals surface area contributed by atoms with Gasteiger partial charge in [-0.2, -0.15) is 0 Å². The molecule has 21 heavy (non-hydrogen) atoms. The van der Waals surface area contributed by atoms with Gasteiger partial charge in [-0.3, -0.25) is 4.79 Å². The first-order chi connectivity index (χ1) is 9.75. The van der Waals surface area contributed by atoms with E-state index in [2.05, 4.69) is 0 Å². The maximum Gasteiger partial charge on any atom is 0.264 e. The van der Waals surface area contributed by atoms with Crippen LogP contribution in [0.5, 0.6) is 0 Å². The fourth-order valence-corrected chi connectivity index (χ4v) is 3.70. The van der Waals surface area contributed by atoms with Crippen molar-refractivity contribution in [1.29, 1.82) is 0 Å². The minimum Gasteiger partial charge on any atom is -0.336 e. The highest BCUT2D eigenvalue weighted by atomic mass is 35.7. The Morgan fingerprint density at radius 1 is 1.48 bits per heavy atom. The normalized spacial score (nSPS) is 19.0. The summed E-state index contributed by atoms with van der Waals surface area (Å²) in [6.07, 6.45) is 2.57. The van der Waals surface area contributed by atoms with E-state index in [9.17, 15) is 17.6 Å². The third kappa shape index (κ3) is 3.33. The van der Waals surface area contributed by atoms with Crippen LogP contribution in [-0.4, -0.2) is 31.8 Å². The lowest BCUT2D eigenvalue weighted by molar-refractivity contribution is 0.0733. The standard InChI is InChI=1S/C13H14Cl2FNO3S/c1-2-8-4-3-5-17(8)13(18)9-6-12(21(15,19)20)11(16)7-10(9)14/h6-8H,2-5H2,1H3. The highest BCUT2D eigenvalue weighted by Gasteiger charge is 2.30. The Kier molecular flexibility index (Phi) is 4.80. The zero-order valence-electron chi connectivity index (χ0n) is 11.3. The molecular formula is C13H14Cl2FNO3S. The van der Waals surface area contributed by atoms with Crippen LogP contribution >= 0.6 is 22.3 Å². The zero-order valence-corrected chi connectivity index (χ0v) is 13.6. The van der Waals surface area contributed by atoms with Crippen molar-refractivity contribution in [2.45, 2.75) is 37.1 Å². The average Bonchev–Trinajstić information content (AvgIpc) is 2.84. The van der Waals surface area contributed by atoms with Gasteiger partial charge < -0.3 is 4.90 Å². The van der Waals surface area contributed by atoms with Crippen molar-refractivity contribution < 1.29 is 17.6 Å². The van der Waals surface area contributed by atoms with Gasteiger partial charge in [-0.25, -0.2) is 12.8 Å². The van der Waals surface area contributed by atoms with Crippen LogP contribution in [0.15, 0.2) is 17.0 Å². The quantitative estimate of drug-likeness (QED) is 0.782. The van der Waals surface area contributed by atoms with E-state index in [0.717, 1.165) is 31.4 Å². The monoisotopic (exact) mass is 353 g/mol. The van der Waals surface area contributed by atoms with Gasteiger partial charge in [0, 0.05) is 23.3 Å². The van der Waals surface area contributed by atoms with Gasteiger partial charge in [-0.05, 0) is 31.4 Å². The first-order valence-corrected chi connectivity index (χ1v) is 9.19. The Bertz CT molecular complexity index is 678. The van der Waals surface area contributed by atoms with Crippen molar-refractivity contribution in [3.8, 4) is 0 Å². The molecule has 1 unspecified atom stereocenters. The molecule has 1 aromatic rings. The number of carbonyl (C=O) groups is 1. The molecule has 0 N–H and O–H groups in total. The van der Waals surface area contributed by atoms with Crippen molar-refractivity contribution in [1.82, 2.24) is 4.90 Å². The Morgan fingerprint density at radius 2 is 2.14 bits per heavy atom. The summed E-state index contributed by atoms with van der Waals surface area (Å²) in [7, 11) is 0.892. The fourth-order valence-electron chi connectivity index (χ4n) is 2.56. The summed E-state index contributed by atoms with van der Waals surface area (Å²) in [5, 5.41) is -0.122. The summed E-state index contributed by atoms with van der Waals surface area (Å²) in [6.45, 7) is 2.55. The van der Waals surface area contributed by atoms with Crippen LogP contribution in [0, 0.1) is 5.82 Å². The summed E-state index contributed by atoms with van der Waals surface area (Å²) in [4.78, 5) is 13.4. The zero-order chi connectivity index (χ0) is 15.8. The highest BCUT2D eigenvalue weighted by molar-refractivity contribution is 8.13. The first kappa shape index (κ1) is 16.5.